The Balaban J connectivity index is 1.70. The van der Waals surface area contributed by atoms with Gasteiger partial charge in [-0.2, -0.15) is 0 Å². The van der Waals surface area contributed by atoms with Crippen LogP contribution in [0, 0.1) is 5.92 Å². The molecule has 2 nitrogen and oxygen atoms in total. The summed E-state index contributed by atoms with van der Waals surface area (Å²) in [6, 6.07) is 8.84. The van der Waals surface area contributed by atoms with Gasteiger partial charge in [-0.1, -0.05) is 96.4 Å². The van der Waals surface area contributed by atoms with E-state index in [1.54, 1.807) is 0 Å². The van der Waals surface area contributed by atoms with Crippen LogP contribution < -0.4 is 0 Å². The molecule has 0 bridgehead atoms. The molecule has 0 aliphatic rings. The fraction of sp³-hybridized carbons (Fsp3) is 0.615. The summed E-state index contributed by atoms with van der Waals surface area (Å²) in [6.45, 7) is 6.88. The number of hydrogen-bond acceptors (Lipinski definition) is 2. The first-order chi connectivity index (χ1) is 13.7. The second-order valence-corrected chi connectivity index (χ2v) is 8.62. The normalized spacial score (nSPS) is 11.3. The summed E-state index contributed by atoms with van der Waals surface area (Å²) in [4.78, 5) is 9.17. The Bertz CT molecular complexity index is 628. The number of benzene rings is 1. The van der Waals surface area contributed by atoms with Gasteiger partial charge in [0.15, 0.2) is 5.82 Å². The van der Waals surface area contributed by atoms with Gasteiger partial charge in [0, 0.05) is 18.0 Å². The van der Waals surface area contributed by atoms with Crippen LogP contribution >= 0.6 is 0 Å². The molecule has 0 saturated heterocycles. The van der Waals surface area contributed by atoms with Gasteiger partial charge in [0.1, 0.15) is 0 Å². The lowest BCUT2D eigenvalue weighted by atomic mass is 10.0. The fourth-order valence-electron chi connectivity index (χ4n) is 3.62. The summed E-state index contributed by atoms with van der Waals surface area (Å²) < 4.78 is 0. The third-order valence-corrected chi connectivity index (χ3v) is 5.48. The summed E-state index contributed by atoms with van der Waals surface area (Å²) in [5.74, 6) is 1.69. The van der Waals surface area contributed by atoms with Crippen LogP contribution in [0.25, 0.3) is 11.4 Å². The lowest BCUT2D eigenvalue weighted by Crippen LogP contribution is -1.94. The van der Waals surface area contributed by atoms with E-state index in [0.717, 1.165) is 23.7 Å². The van der Waals surface area contributed by atoms with Gasteiger partial charge >= 0.3 is 0 Å². The minimum absolute atomic E-state index is 0.842. The Kier molecular flexibility index (Phi) is 10.9. The molecule has 0 amide bonds. The van der Waals surface area contributed by atoms with E-state index < -0.39 is 0 Å². The third kappa shape index (κ3) is 8.99. The molecule has 28 heavy (non-hydrogen) atoms. The van der Waals surface area contributed by atoms with Gasteiger partial charge in [-0.25, -0.2) is 9.97 Å². The van der Waals surface area contributed by atoms with Crippen molar-refractivity contribution in [2.24, 2.45) is 5.92 Å². The molecule has 0 unspecified atom stereocenters. The molecular weight excluding hydrogens is 340 g/mol. The topological polar surface area (TPSA) is 25.8 Å². The Labute approximate surface area is 173 Å². The van der Waals surface area contributed by atoms with Crippen LogP contribution in [-0.2, 0) is 12.8 Å². The Hall–Kier alpha value is -1.70. The number of aromatic nitrogens is 2. The van der Waals surface area contributed by atoms with Crippen LogP contribution in [0.5, 0.6) is 0 Å². The number of unbranched alkanes of at least 4 members (excludes halogenated alkanes) is 7. The third-order valence-electron chi connectivity index (χ3n) is 5.48. The van der Waals surface area contributed by atoms with Crippen molar-refractivity contribution in [1.82, 2.24) is 9.97 Å². The molecule has 2 rings (SSSR count). The largest absolute Gasteiger partial charge is 0.236 e. The highest BCUT2D eigenvalue weighted by molar-refractivity contribution is 5.55. The highest BCUT2D eigenvalue weighted by Crippen LogP contribution is 2.18. The number of rotatable bonds is 14. The van der Waals surface area contributed by atoms with Crippen molar-refractivity contribution in [2.75, 3.05) is 0 Å². The van der Waals surface area contributed by atoms with Crippen molar-refractivity contribution in [3.05, 3.63) is 47.8 Å². The van der Waals surface area contributed by atoms with Gasteiger partial charge in [-0.15, -0.1) is 0 Å². The summed E-state index contributed by atoms with van der Waals surface area (Å²) in [5.41, 5.74) is 3.80. The summed E-state index contributed by atoms with van der Waals surface area (Å²) in [7, 11) is 0. The lowest BCUT2D eigenvalue weighted by molar-refractivity contribution is 0.515. The second-order valence-electron chi connectivity index (χ2n) is 8.62. The van der Waals surface area contributed by atoms with E-state index in [-0.39, 0.29) is 0 Å². The first kappa shape index (κ1) is 22.6. The van der Waals surface area contributed by atoms with E-state index in [2.05, 4.69) is 55.0 Å². The van der Waals surface area contributed by atoms with E-state index in [1.807, 2.05) is 12.4 Å². The maximum absolute atomic E-state index is 4.58. The predicted octanol–water partition coefficient (Wildman–Crippen LogP) is 7.81. The highest BCUT2D eigenvalue weighted by atomic mass is 14.9. The van der Waals surface area contributed by atoms with Crippen molar-refractivity contribution in [2.45, 2.75) is 97.8 Å². The molecule has 0 N–H and O–H groups in total. The zero-order valence-electron chi connectivity index (χ0n) is 18.4. The van der Waals surface area contributed by atoms with E-state index in [0.29, 0.717) is 0 Å². The smallest absolute Gasteiger partial charge is 0.159 e. The lowest BCUT2D eigenvalue weighted by Gasteiger charge is -2.06. The van der Waals surface area contributed by atoms with E-state index in [4.69, 9.17) is 0 Å². The van der Waals surface area contributed by atoms with Crippen LogP contribution in [0.2, 0.25) is 0 Å². The van der Waals surface area contributed by atoms with E-state index in [1.165, 1.54) is 81.8 Å². The molecule has 2 heteroatoms. The molecule has 154 valence electrons. The molecule has 1 aromatic heterocycles. The van der Waals surface area contributed by atoms with Crippen molar-refractivity contribution in [3.63, 3.8) is 0 Å². The fourth-order valence-corrected chi connectivity index (χ4v) is 3.62. The Morgan fingerprint density at radius 3 is 1.89 bits per heavy atom. The minimum Gasteiger partial charge on any atom is -0.236 e. The van der Waals surface area contributed by atoms with Crippen LogP contribution in [0.3, 0.4) is 0 Å². The van der Waals surface area contributed by atoms with E-state index in [9.17, 15) is 0 Å². The van der Waals surface area contributed by atoms with E-state index >= 15 is 0 Å². The molecule has 0 atom stereocenters. The summed E-state index contributed by atoms with van der Waals surface area (Å²) in [5, 5.41) is 0. The molecular formula is C26H40N2. The average Bonchev–Trinajstić information content (AvgIpc) is 2.71. The zero-order valence-corrected chi connectivity index (χ0v) is 18.4. The maximum atomic E-state index is 4.58. The predicted molar refractivity (Wildman–Crippen MR) is 122 cm³/mol. The second kappa shape index (κ2) is 13.5. The van der Waals surface area contributed by atoms with Crippen LogP contribution in [-0.4, -0.2) is 9.97 Å². The Morgan fingerprint density at radius 1 is 0.679 bits per heavy atom. The zero-order chi connectivity index (χ0) is 20.0. The number of aryl methyl sites for hydroxylation is 2. The molecule has 0 spiro atoms. The average molecular weight is 381 g/mol. The molecule has 1 heterocycles. The first-order valence-corrected chi connectivity index (χ1v) is 11.6. The maximum Gasteiger partial charge on any atom is 0.159 e. The SMILES string of the molecule is CCCCCCc1cnc(-c2ccc(CCCCCCCC(C)C)cc2)nc1. The minimum atomic E-state index is 0.842. The van der Waals surface area contributed by atoms with Gasteiger partial charge in [0.2, 0.25) is 0 Å². The van der Waals surface area contributed by atoms with Crippen LogP contribution in [0.1, 0.15) is 96.1 Å². The molecule has 0 aliphatic carbocycles. The summed E-state index contributed by atoms with van der Waals surface area (Å²) >= 11 is 0. The Morgan fingerprint density at radius 2 is 1.25 bits per heavy atom. The van der Waals surface area contributed by atoms with Crippen molar-refractivity contribution in [1.29, 1.82) is 0 Å². The van der Waals surface area contributed by atoms with Gasteiger partial charge in [-0.3, -0.25) is 0 Å². The van der Waals surface area contributed by atoms with Gasteiger partial charge in [-0.05, 0) is 42.7 Å². The highest BCUT2D eigenvalue weighted by Gasteiger charge is 2.03. The molecule has 0 radical (unpaired) electrons. The molecule has 2 aromatic rings. The quantitative estimate of drug-likeness (QED) is 0.312. The van der Waals surface area contributed by atoms with Crippen LogP contribution in [0.15, 0.2) is 36.7 Å². The first-order valence-electron chi connectivity index (χ1n) is 11.6. The number of nitrogens with zero attached hydrogens (tertiary/aromatic N) is 2. The van der Waals surface area contributed by atoms with Gasteiger partial charge < -0.3 is 0 Å². The van der Waals surface area contributed by atoms with Gasteiger partial charge in [0.25, 0.3) is 0 Å². The summed E-state index contributed by atoms with van der Waals surface area (Å²) in [6.07, 6.45) is 19.6. The van der Waals surface area contributed by atoms with Gasteiger partial charge in [0.05, 0.1) is 0 Å². The van der Waals surface area contributed by atoms with Crippen molar-refractivity contribution >= 4 is 0 Å². The molecule has 1 aromatic carbocycles. The molecule has 0 saturated carbocycles. The monoisotopic (exact) mass is 380 g/mol. The standard InChI is InChI=1S/C26H40N2/c1-4-5-6-11-15-24-20-27-26(28-21-24)25-18-16-23(17-19-25)14-12-9-7-8-10-13-22(2)3/h16-22H,4-15H2,1-3H3. The van der Waals surface area contributed by atoms with Crippen LogP contribution in [0.4, 0.5) is 0 Å². The van der Waals surface area contributed by atoms with Crippen molar-refractivity contribution in [3.8, 4) is 11.4 Å². The van der Waals surface area contributed by atoms with Crippen molar-refractivity contribution < 1.29 is 0 Å². The molecule has 0 fully saturated rings. The number of hydrogen-bond donors (Lipinski definition) is 0. The molecule has 0 aliphatic heterocycles.